The Morgan fingerprint density at radius 2 is 1.82 bits per heavy atom. The van der Waals surface area contributed by atoms with Gasteiger partial charge in [0, 0.05) is 30.9 Å². The van der Waals surface area contributed by atoms with Crippen molar-refractivity contribution in [2.75, 3.05) is 10.6 Å². The largest absolute Gasteiger partial charge is 0.326 e. The number of aromatic nitrogens is 2. The first-order valence-corrected chi connectivity index (χ1v) is 6.76. The van der Waals surface area contributed by atoms with Crippen molar-refractivity contribution < 1.29 is 9.59 Å². The average Bonchev–Trinajstić information content (AvgIpc) is 2.47. The third-order valence-corrected chi connectivity index (χ3v) is 2.84. The van der Waals surface area contributed by atoms with E-state index in [9.17, 15) is 14.4 Å². The molecule has 0 aliphatic heterocycles. The predicted molar refractivity (Wildman–Crippen MR) is 82.9 cm³/mol. The van der Waals surface area contributed by atoms with Gasteiger partial charge in [0.1, 0.15) is 5.69 Å². The summed E-state index contributed by atoms with van der Waals surface area (Å²) in [6, 6.07) is 9.43. The molecule has 114 valence electrons. The number of benzene rings is 1. The Bertz CT molecular complexity index is 767. The highest BCUT2D eigenvalue weighted by molar-refractivity contribution is 6.03. The quantitative estimate of drug-likeness (QED) is 0.894. The minimum absolute atomic E-state index is 0.145. The number of nitrogens with one attached hydrogen (secondary N) is 2. The van der Waals surface area contributed by atoms with Gasteiger partial charge in [0.2, 0.25) is 5.91 Å². The van der Waals surface area contributed by atoms with Gasteiger partial charge in [0.25, 0.3) is 11.5 Å². The summed E-state index contributed by atoms with van der Waals surface area (Å²) in [5.74, 6) is -0.623. The molecule has 0 bridgehead atoms. The standard InChI is InChI=1S/C15H16N4O3/c1-3-19-14(21)8-7-13(18-19)15(22)17-12-6-4-5-11(9-12)16-10(2)20/h4-9H,3H2,1-2H3,(H,16,20)(H,17,22). The Morgan fingerprint density at radius 3 is 2.45 bits per heavy atom. The molecule has 2 amide bonds. The van der Waals surface area contributed by atoms with Crippen LogP contribution in [0, 0.1) is 0 Å². The fraction of sp³-hybridized carbons (Fsp3) is 0.200. The molecular weight excluding hydrogens is 284 g/mol. The summed E-state index contributed by atoms with van der Waals surface area (Å²) < 4.78 is 1.21. The van der Waals surface area contributed by atoms with E-state index in [4.69, 9.17) is 0 Å². The van der Waals surface area contributed by atoms with Crippen molar-refractivity contribution in [3.8, 4) is 0 Å². The summed E-state index contributed by atoms with van der Waals surface area (Å²) in [6.07, 6.45) is 0. The molecule has 22 heavy (non-hydrogen) atoms. The van der Waals surface area contributed by atoms with Gasteiger partial charge in [0.05, 0.1) is 0 Å². The van der Waals surface area contributed by atoms with E-state index >= 15 is 0 Å². The number of carbonyl (C=O) groups is 2. The van der Waals surface area contributed by atoms with Gasteiger partial charge >= 0.3 is 0 Å². The first-order chi connectivity index (χ1) is 10.5. The first-order valence-electron chi connectivity index (χ1n) is 6.76. The van der Waals surface area contributed by atoms with Crippen LogP contribution in [0.5, 0.6) is 0 Å². The molecule has 1 aromatic heterocycles. The second-order valence-electron chi connectivity index (χ2n) is 4.59. The van der Waals surface area contributed by atoms with Gasteiger partial charge in [0.15, 0.2) is 0 Å². The number of aryl methyl sites for hydroxylation is 1. The Balaban J connectivity index is 2.18. The average molecular weight is 300 g/mol. The minimum Gasteiger partial charge on any atom is -0.326 e. The Hall–Kier alpha value is -2.96. The van der Waals surface area contributed by atoms with Crippen molar-refractivity contribution in [1.82, 2.24) is 9.78 Å². The smallest absolute Gasteiger partial charge is 0.276 e. The van der Waals surface area contributed by atoms with E-state index in [0.29, 0.717) is 17.9 Å². The number of carbonyl (C=O) groups excluding carboxylic acids is 2. The van der Waals surface area contributed by atoms with Gasteiger partial charge in [-0.3, -0.25) is 14.4 Å². The molecule has 0 saturated carbocycles. The lowest BCUT2D eigenvalue weighted by atomic mass is 10.2. The molecule has 2 N–H and O–H groups in total. The zero-order chi connectivity index (χ0) is 16.1. The first kappa shape index (κ1) is 15.4. The Labute approximate surface area is 127 Å². The van der Waals surface area contributed by atoms with Crippen molar-refractivity contribution in [3.63, 3.8) is 0 Å². The van der Waals surface area contributed by atoms with E-state index in [2.05, 4.69) is 15.7 Å². The van der Waals surface area contributed by atoms with Gasteiger partial charge in [-0.05, 0) is 31.2 Å². The number of amides is 2. The van der Waals surface area contributed by atoms with Gasteiger partial charge in [-0.15, -0.1) is 0 Å². The fourth-order valence-electron chi connectivity index (χ4n) is 1.87. The molecular formula is C15H16N4O3. The number of hydrogen-bond donors (Lipinski definition) is 2. The summed E-state index contributed by atoms with van der Waals surface area (Å²) in [5, 5.41) is 9.29. The summed E-state index contributed by atoms with van der Waals surface area (Å²) in [7, 11) is 0. The second kappa shape index (κ2) is 6.66. The van der Waals surface area contributed by atoms with Crippen LogP contribution in [0.2, 0.25) is 0 Å². The third-order valence-electron chi connectivity index (χ3n) is 2.84. The molecule has 1 aromatic carbocycles. The second-order valence-corrected chi connectivity index (χ2v) is 4.59. The topological polar surface area (TPSA) is 93.1 Å². The van der Waals surface area contributed by atoms with Crippen molar-refractivity contribution in [2.24, 2.45) is 0 Å². The van der Waals surface area contributed by atoms with E-state index in [-0.39, 0.29) is 17.2 Å². The molecule has 7 heteroatoms. The van der Waals surface area contributed by atoms with Gasteiger partial charge in [-0.1, -0.05) is 6.07 Å². The maximum absolute atomic E-state index is 12.2. The van der Waals surface area contributed by atoms with Crippen LogP contribution in [0.25, 0.3) is 0 Å². The molecule has 0 aliphatic carbocycles. The van der Waals surface area contributed by atoms with Crippen LogP contribution in [-0.2, 0) is 11.3 Å². The molecule has 2 aromatic rings. The fourth-order valence-corrected chi connectivity index (χ4v) is 1.87. The van der Waals surface area contributed by atoms with E-state index in [1.807, 2.05) is 0 Å². The zero-order valence-electron chi connectivity index (χ0n) is 12.3. The van der Waals surface area contributed by atoms with E-state index in [0.717, 1.165) is 0 Å². The van der Waals surface area contributed by atoms with E-state index < -0.39 is 5.91 Å². The van der Waals surface area contributed by atoms with E-state index in [1.54, 1.807) is 31.2 Å². The van der Waals surface area contributed by atoms with Crippen LogP contribution >= 0.6 is 0 Å². The molecule has 1 heterocycles. The van der Waals surface area contributed by atoms with Crippen LogP contribution in [0.15, 0.2) is 41.2 Å². The SMILES string of the molecule is CCn1nc(C(=O)Nc2cccc(NC(C)=O)c2)ccc1=O. The van der Waals surface area contributed by atoms with Gasteiger partial charge < -0.3 is 10.6 Å². The molecule has 7 nitrogen and oxygen atoms in total. The highest BCUT2D eigenvalue weighted by Crippen LogP contribution is 2.15. The number of hydrogen-bond acceptors (Lipinski definition) is 4. The number of rotatable bonds is 4. The zero-order valence-corrected chi connectivity index (χ0v) is 12.3. The Morgan fingerprint density at radius 1 is 1.14 bits per heavy atom. The highest BCUT2D eigenvalue weighted by atomic mass is 16.2. The summed E-state index contributed by atoms with van der Waals surface area (Å²) in [4.78, 5) is 34.6. The maximum atomic E-state index is 12.2. The number of nitrogens with zero attached hydrogens (tertiary/aromatic N) is 2. The highest BCUT2D eigenvalue weighted by Gasteiger charge is 2.10. The molecule has 0 unspecified atom stereocenters. The maximum Gasteiger partial charge on any atom is 0.276 e. The lowest BCUT2D eigenvalue weighted by molar-refractivity contribution is -0.114. The van der Waals surface area contributed by atoms with Crippen LogP contribution in [0.4, 0.5) is 11.4 Å². The van der Waals surface area contributed by atoms with Crippen molar-refractivity contribution in [3.05, 3.63) is 52.4 Å². The molecule has 0 fully saturated rings. The van der Waals surface area contributed by atoms with Crippen LogP contribution in [0.1, 0.15) is 24.3 Å². The lowest BCUT2D eigenvalue weighted by Gasteiger charge is -2.08. The van der Waals surface area contributed by atoms with Gasteiger partial charge in [-0.2, -0.15) is 5.10 Å². The van der Waals surface area contributed by atoms with Crippen LogP contribution < -0.4 is 16.2 Å². The van der Waals surface area contributed by atoms with Gasteiger partial charge in [-0.25, -0.2) is 4.68 Å². The molecule has 0 radical (unpaired) electrons. The molecule has 0 atom stereocenters. The van der Waals surface area contributed by atoms with E-state index in [1.165, 1.54) is 23.7 Å². The van der Waals surface area contributed by atoms with Crippen LogP contribution in [0.3, 0.4) is 0 Å². The Kier molecular flexibility index (Phi) is 4.67. The molecule has 0 spiro atoms. The normalized spacial score (nSPS) is 10.1. The third kappa shape index (κ3) is 3.78. The lowest BCUT2D eigenvalue weighted by Crippen LogP contribution is -2.25. The molecule has 2 rings (SSSR count). The summed E-state index contributed by atoms with van der Waals surface area (Å²) >= 11 is 0. The summed E-state index contributed by atoms with van der Waals surface area (Å²) in [5.41, 5.74) is 0.988. The predicted octanol–water partition coefficient (Wildman–Crippen LogP) is 1.47. The minimum atomic E-state index is -0.429. The van der Waals surface area contributed by atoms with Crippen molar-refractivity contribution >= 4 is 23.2 Å². The monoisotopic (exact) mass is 300 g/mol. The summed E-state index contributed by atoms with van der Waals surface area (Å²) in [6.45, 7) is 3.56. The number of anilines is 2. The van der Waals surface area contributed by atoms with Crippen LogP contribution in [-0.4, -0.2) is 21.6 Å². The molecule has 0 aliphatic rings. The van der Waals surface area contributed by atoms with Crippen molar-refractivity contribution in [2.45, 2.75) is 20.4 Å². The van der Waals surface area contributed by atoms with Crippen molar-refractivity contribution in [1.29, 1.82) is 0 Å². The molecule has 0 saturated heterocycles.